The molecule has 10 nitrogen and oxygen atoms in total. The summed E-state index contributed by atoms with van der Waals surface area (Å²) in [4.78, 5) is 48.1. The van der Waals surface area contributed by atoms with E-state index in [9.17, 15) is 36.8 Å². The van der Waals surface area contributed by atoms with Crippen LogP contribution >= 0.6 is 19.4 Å². The maximum atomic E-state index is 14.7. The zero-order valence-corrected chi connectivity index (χ0v) is 23.5. The molecule has 0 unspecified atom stereocenters. The van der Waals surface area contributed by atoms with Gasteiger partial charge in [0.1, 0.15) is 35.7 Å². The summed E-state index contributed by atoms with van der Waals surface area (Å²) < 4.78 is 72.6. The number of phosphoric ester groups is 1. The summed E-state index contributed by atoms with van der Waals surface area (Å²) in [5, 5.41) is 9.63. The molecule has 1 heterocycles. The number of urea groups is 1. The molecule has 4 rings (SSSR count). The summed E-state index contributed by atoms with van der Waals surface area (Å²) in [5.74, 6) is -6.21. The van der Waals surface area contributed by atoms with Gasteiger partial charge in [0.15, 0.2) is 0 Å². The van der Waals surface area contributed by atoms with Crippen LogP contribution < -0.4 is 4.90 Å². The average Bonchev–Trinajstić information content (AvgIpc) is 2.91. The first-order valence-electron chi connectivity index (χ1n) is 12.1. The molecule has 224 valence electrons. The molecule has 3 N–H and O–H groups in total. The Hall–Kier alpha value is -3.68. The molecule has 1 atom stereocenters. The number of rotatable bonds is 8. The number of carbonyl (C=O) groups excluding carboxylic acids is 2. The van der Waals surface area contributed by atoms with Crippen LogP contribution in [0.5, 0.6) is 5.75 Å². The van der Waals surface area contributed by atoms with E-state index in [2.05, 4.69) is 4.52 Å². The van der Waals surface area contributed by atoms with Gasteiger partial charge in [0, 0.05) is 35.9 Å². The fraction of sp³-hybridized carbons (Fsp3) is 0.231. The monoisotopic (exact) mass is 631 g/mol. The van der Waals surface area contributed by atoms with Crippen LogP contribution in [0, 0.1) is 23.3 Å². The minimum atomic E-state index is -5.16. The molecule has 3 amide bonds. The highest BCUT2D eigenvalue weighted by atomic mass is 35.5. The largest absolute Gasteiger partial charge is 0.506 e. The fourth-order valence-electron chi connectivity index (χ4n) is 4.39. The predicted molar refractivity (Wildman–Crippen MR) is 141 cm³/mol. The highest BCUT2D eigenvalue weighted by molar-refractivity contribution is 7.46. The van der Waals surface area contributed by atoms with Gasteiger partial charge in [-0.2, -0.15) is 0 Å². The number of anilines is 1. The van der Waals surface area contributed by atoms with Gasteiger partial charge in [0.05, 0.1) is 29.8 Å². The Balaban J connectivity index is 1.77. The number of carbonyl (C=O) groups is 2. The Kier molecular flexibility index (Phi) is 8.86. The van der Waals surface area contributed by atoms with Crippen molar-refractivity contribution in [2.45, 2.75) is 26.1 Å². The maximum Gasteiger partial charge on any atom is 0.471 e. The Labute approximate surface area is 241 Å². The molecule has 0 fully saturated rings. The molecule has 0 aliphatic carbocycles. The molecule has 3 aromatic carbocycles. The van der Waals surface area contributed by atoms with Gasteiger partial charge in [-0.15, -0.1) is 0 Å². The lowest BCUT2D eigenvalue weighted by atomic mass is 9.98. The number of nitrogens with zero attached hydrogens (tertiary/aromatic N) is 3. The van der Waals surface area contributed by atoms with Gasteiger partial charge in [-0.3, -0.25) is 14.2 Å². The van der Waals surface area contributed by atoms with E-state index in [0.717, 1.165) is 17.0 Å². The van der Waals surface area contributed by atoms with E-state index >= 15 is 0 Å². The van der Waals surface area contributed by atoms with Crippen LogP contribution in [0.4, 0.5) is 28.0 Å². The van der Waals surface area contributed by atoms with Crippen LogP contribution in [-0.2, 0) is 22.2 Å². The van der Waals surface area contributed by atoms with E-state index in [4.69, 9.17) is 21.4 Å². The summed E-state index contributed by atoms with van der Waals surface area (Å²) in [6.07, 6.45) is 0. The average molecular weight is 632 g/mol. The molecular formula is C26H23ClF4N3O7P. The molecule has 0 saturated carbocycles. The second-order valence-electron chi connectivity index (χ2n) is 9.39. The number of fused-ring (bicyclic) bond motifs is 1. The van der Waals surface area contributed by atoms with Crippen LogP contribution in [0.2, 0.25) is 5.02 Å². The lowest BCUT2D eigenvalue weighted by molar-refractivity contribution is 0.0506. The Bertz CT molecular complexity index is 1600. The maximum absolute atomic E-state index is 14.7. The smallest absolute Gasteiger partial charge is 0.471 e. The Morgan fingerprint density at radius 2 is 1.69 bits per heavy atom. The summed E-state index contributed by atoms with van der Waals surface area (Å²) >= 11 is 6.10. The summed E-state index contributed by atoms with van der Waals surface area (Å²) in [5.41, 5.74) is -0.556. The molecule has 0 spiro atoms. The molecule has 3 aromatic rings. The third-order valence-electron chi connectivity index (χ3n) is 6.74. The number of hydrogen-bond acceptors (Lipinski definition) is 5. The third-order valence-corrected chi connectivity index (χ3v) is 7.61. The van der Waals surface area contributed by atoms with Gasteiger partial charge in [0.25, 0.3) is 5.91 Å². The molecule has 0 bridgehead atoms. The second-order valence-corrected chi connectivity index (χ2v) is 11.0. The molecule has 1 aliphatic heterocycles. The highest BCUT2D eigenvalue weighted by Crippen LogP contribution is 2.40. The van der Waals surface area contributed by atoms with E-state index in [0.29, 0.717) is 22.6 Å². The lowest BCUT2D eigenvalue weighted by Crippen LogP contribution is -2.46. The summed E-state index contributed by atoms with van der Waals surface area (Å²) in [7, 11) is -3.66. The van der Waals surface area contributed by atoms with Crippen molar-refractivity contribution >= 4 is 37.0 Å². The number of phosphoric acid groups is 1. The van der Waals surface area contributed by atoms with E-state index in [1.165, 1.54) is 30.1 Å². The Morgan fingerprint density at radius 3 is 2.31 bits per heavy atom. The number of phenolic OH excluding ortho intramolecular Hbond substituents is 1. The van der Waals surface area contributed by atoms with Crippen molar-refractivity contribution in [1.82, 2.24) is 9.80 Å². The van der Waals surface area contributed by atoms with Crippen LogP contribution in [0.1, 0.15) is 40.0 Å². The molecule has 1 aliphatic rings. The number of hydrogen-bond donors (Lipinski definition) is 3. The molecule has 0 saturated heterocycles. The quantitative estimate of drug-likeness (QED) is 0.171. The van der Waals surface area contributed by atoms with Crippen molar-refractivity contribution in [3.05, 3.63) is 93.0 Å². The van der Waals surface area contributed by atoms with Crippen LogP contribution in [-0.4, -0.2) is 50.4 Å². The number of aromatic hydroxyl groups is 1. The van der Waals surface area contributed by atoms with Gasteiger partial charge < -0.3 is 24.7 Å². The minimum Gasteiger partial charge on any atom is -0.506 e. The van der Waals surface area contributed by atoms with Crippen molar-refractivity contribution in [3.8, 4) is 5.75 Å². The zero-order valence-electron chi connectivity index (χ0n) is 21.9. The number of halogens is 5. The van der Waals surface area contributed by atoms with Gasteiger partial charge >= 0.3 is 13.9 Å². The van der Waals surface area contributed by atoms with Gasteiger partial charge in [0.2, 0.25) is 0 Å². The summed E-state index contributed by atoms with van der Waals surface area (Å²) in [6, 6.07) is 5.63. The van der Waals surface area contributed by atoms with Crippen molar-refractivity contribution < 1.29 is 51.1 Å². The molecule has 42 heavy (non-hydrogen) atoms. The third kappa shape index (κ3) is 6.37. The summed E-state index contributed by atoms with van der Waals surface area (Å²) in [6.45, 7) is -0.809. The van der Waals surface area contributed by atoms with E-state index in [1.807, 2.05) is 0 Å². The minimum absolute atomic E-state index is 0.130. The van der Waals surface area contributed by atoms with Crippen LogP contribution in [0.25, 0.3) is 0 Å². The van der Waals surface area contributed by atoms with Crippen molar-refractivity contribution in [2.75, 3.05) is 18.7 Å². The Morgan fingerprint density at radius 1 is 1.05 bits per heavy atom. The SMILES string of the molecule is C[C@H]1c2ccc(C(=O)N(COP(=O)(O)O)Cc3c(F)cc(F)cc3F)cc2N(Cc2c(F)ccc(O)c2Cl)C(=O)N1C. The first-order valence-corrected chi connectivity index (χ1v) is 14.0. The van der Waals surface area contributed by atoms with Gasteiger partial charge in [-0.25, -0.2) is 26.9 Å². The number of phenols is 1. The second kappa shape index (κ2) is 11.9. The highest BCUT2D eigenvalue weighted by Gasteiger charge is 2.35. The van der Waals surface area contributed by atoms with E-state index in [-0.39, 0.29) is 21.8 Å². The van der Waals surface area contributed by atoms with E-state index < -0.39 is 80.2 Å². The molecule has 0 radical (unpaired) electrons. The van der Waals surface area contributed by atoms with Crippen molar-refractivity contribution in [2.24, 2.45) is 0 Å². The number of benzene rings is 3. The van der Waals surface area contributed by atoms with Crippen LogP contribution in [0.15, 0.2) is 42.5 Å². The van der Waals surface area contributed by atoms with Crippen molar-refractivity contribution in [1.29, 1.82) is 0 Å². The lowest BCUT2D eigenvalue weighted by Gasteiger charge is -2.40. The zero-order chi connectivity index (χ0) is 31.1. The predicted octanol–water partition coefficient (Wildman–Crippen LogP) is 5.44. The number of amides is 3. The first-order chi connectivity index (χ1) is 19.6. The fourth-order valence-corrected chi connectivity index (χ4v) is 4.89. The topological polar surface area (TPSA) is 131 Å². The van der Waals surface area contributed by atoms with E-state index in [1.54, 1.807) is 6.92 Å². The van der Waals surface area contributed by atoms with Crippen molar-refractivity contribution in [3.63, 3.8) is 0 Å². The standard InChI is InChI=1S/C26H23ClF4N3O7P/c1-13-16-4-3-14(7-22(16)34(26(37)32(13)2)11-18-19(29)5-6-23(35)24(18)27)25(36)33(12-41-42(38,39)40)10-17-20(30)8-15(28)9-21(17)31/h3-9,13,35H,10-12H2,1-2H3,(H2,38,39,40)/t13-/m0/s1. The first kappa shape index (κ1) is 31.3. The van der Waals surface area contributed by atoms with Gasteiger partial charge in [-0.05, 0) is 36.8 Å². The normalized spacial score (nSPS) is 15.2. The molecule has 0 aromatic heterocycles. The van der Waals surface area contributed by atoms with Crippen LogP contribution in [0.3, 0.4) is 0 Å². The molecular weight excluding hydrogens is 609 g/mol. The molecule has 16 heteroatoms. The van der Waals surface area contributed by atoms with Gasteiger partial charge in [-0.1, -0.05) is 17.7 Å².